The van der Waals surface area contributed by atoms with Crippen LogP contribution in [-0.2, 0) is 14.6 Å². The minimum absolute atomic E-state index is 0.0722. The van der Waals surface area contributed by atoms with Crippen molar-refractivity contribution in [2.75, 3.05) is 11.5 Å². The summed E-state index contributed by atoms with van der Waals surface area (Å²) in [6.07, 6.45) is 1.57. The van der Waals surface area contributed by atoms with E-state index in [0.29, 0.717) is 11.6 Å². The number of hydrogen-bond acceptors (Lipinski definition) is 4. The minimum atomic E-state index is -2.85. The van der Waals surface area contributed by atoms with E-state index < -0.39 is 9.84 Å². The highest BCUT2D eigenvalue weighted by Gasteiger charge is 2.28. The molecule has 0 aromatic carbocycles. The molecule has 0 amide bonds. The molecule has 1 aliphatic heterocycles. The molecule has 0 radical (unpaired) electrons. The summed E-state index contributed by atoms with van der Waals surface area (Å²) < 4.78 is 27.7. The molecule has 1 heterocycles. The second-order valence-corrected chi connectivity index (χ2v) is 6.47. The molecule has 2 atom stereocenters. The Hall–Kier alpha value is -0.360. The Kier molecular flexibility index (Phi) is 4.33. The van der Waals surface area contributed by atoms with E-state index in [9.17, 15) is 8.42 Å². The summed E-state index contributed by atoms with van der Waals surface area (Å²) in [4.78, 5) is 0. The number of thiocarbonyl (C=S) groups is 1. The Balaban J connectivity index is 2.34. The molecule has 1 rings (SSSR count). The molecule has 6 heteroatoms. The van der Waals surface area contributed by atoms with E-state index in [4.69, 9.17) is 17.0 Å². The molecule has 0 unspecified atom stereocenters. The second kappa shape index (κ2) is 5.12. The van der Waals surface area contributed by atoms with Crippen LogP contribution >= 0.6 is 12.2 Å². The first-order valence-electron chi connectivity index (χ1n) is 5.10. The molecule has 1 aliphatic rings. The summed E-state index contributed by atoms with van der Waals surface area (Å²) in [6, 6.07) is -0.0773. The van der Waals surface area contributed by atoms with Crippen LogP contribution in [0.3, 0.4) is 0 Å². The SMILES string of the molecule is CC[C@@H](C)OC(=S)N[C@@H]1CCS(=O)(=O)C1. The normalized spacial score (nSPS) is 25.9. The monoisotopic (exact) mass is 251 g/mol. The van der Waals surface area contributed by atoms with Crippen molar-refractivity contribution in [3.05, 3.63) is 0 Å². The zero-order valence-electron chi connectivity index (χ0n) is 9.02. The van der Waals surface area contributed by atoms with E-state index in [1.807, 2.05) is 13.8 Å². The Labute approximate surface area is 96.3 Å². The number of ether oxygens (including phenoxy) is 1. The number of nitrogens with one attached hydrogen (secondary N) is 1. The predicted molar refractivity (Wildman–Crippen MR) is 63.6 cm³/mol. The molecule has 0 aromatic heterocycles. The fourth-order valence-corrected chi connectivity index (χ4v) is 3.38. The maximum atomic E-state index is 11.2. The van der Waals surface area contributed by atoms with Crippen LogP contribution < -0.4 is 5.32 Å². The lowest BCUT2D eigenvalue weighted by molar-refractivity contribution is 0.198. The van der Waals surface area contributed by atoms with E-state index in [2.05, 4.69) is 5.32 Å². The van der Waals surface area contributed by atoms with Gasteiger partial charge in [0.2, 0.25) is 0 Å². The molecule has 1 fully saturated rings. The maximum Gasteiger partial charge on any atom is 0.257 e. The van der Waals surface area contributed by atoms with Crippen molar-refractivity contribution in [1.82, 2.24) is 5.32 Å². The molecule has 0 aromatic rings. The van der Waals surface area contributed by atoms with E-state index in [1.165, 1.54) is 0 Å². The van der Waals surface area contributed by atoms with Gasteiger partial charge in [-0.2, -0.15) is 0 Å². The average molecular weight is 251 g/mol. The third-order valence-corrected chi connectivity index (χ3v) is 4.42. The molecule has 0 aliphatic carbocycles. The summed E-state index contributed by atoms with van der Waals surface area (Å²) >= 11 is 4.98. The van der Waals surface area contributed by atoms with Gasteiger partial charge in [-0.1, -0.05) is 6.92 Å². The molecule has 15 heavy (non-hydrogen) atoms. The van der Waals surface area contributed by atoms with Crippen molar-refractivity contribution in [3.63, 3.8) is 0 Å². The first kappa shape index (κ1) is 12.7. The van der Waals surface area contributed by atoms with Crippen LogP contribution in [0.25, 0.3) is 0 Å². The standard InChI is InChI=1S/C9H17NO3S2/c1-3-7(2)13-9(14)10-8-4-5-15(11,12)6-8/h7-8H,3-6H2,1-2H3,(H,10,14)/t7-,8-/m1/s1. The average Bonchev–Trinajstić information content (AvgIpc) is 2.44. The van der Waals surface area contributed by atoms with Gasteiger partial charge in [-0.15, -0.1) is 0 Å². The van der Waals surface area contributed by atoms with Gasteiger partial charge < -0.3 is 10.1 Å². The largest absolute Gasteiger partial charge is 0.468 e. The molecule has 0 bridgehead atoms. The summed E-state index contributed by atoms with van der Waals surface area (Å²) in [7, 11) is -2.85. The van der Waals surface area contributed by atoms with Gasteiger partial charge >= 0.3 is 0 Å². The predicted octanol–water partition coefficient (Wildman–Crippen LogP) is 0.863. The van der Waals surface area contributed by atoms with Crippen molar-refractivity contribution in [1.29, 1.82) is 0 Å². The van der Waals surface area contributed by atoms with E-state index in [-0.39, 0.29) is 23.7 Å². The van der Waals surface area contributed by atoms with Crippen LogP contribution in [-0.4, -0.2) is 37.2 Å². The Bertz CT molecular complexity index is 326. The molecular formula is C9H17NO3S2. The van der Waals surface area contributed by atoms with Gasteiger partial charge in [0.15, 0.2) is 9.84 Å². The van der Waals surface area contributed by atoms with Crippen LogP contribution in [0.1, 0.15) is 26.7 Å². The van der Waals surface area contributed by atoms with Crippen molar-refractivity contribution in [2.45, 2.75) is 38.8 Å². The Morgan fingerprint density at radius 3 is 2.80 bits per heavy atom. The van der Waals surface area contributed by atoms with Crippen LogP contribution in [0.4, 0.5) is 0 Å². The van der Waals surface area contributed by atoms with Gasteiger partial charge in [0, 0.05) is 6.04 Å². The van der Waals surface area contributed by atoms with Gasteiger partial charge in [-0.25, -0.2) is 8.42 Å². The van der Waals surface area contributed by atoms with E-state index in [0.717, 1.165) is 6.42 Å². The number of sulfone groups is 1. The van der Waals surface area contributed by atoms with Gasteiger partial charge in [-0.05, 0) is 32.0 Å². The highest BCUT2D eigenvalue weighted by atomic mass is 32.2. The molecule has 0 saturated carbocycles. The minimum Gasteiger partial charge on any atom is -0.468 e. The summed E-state index contributed by atoms with van der Waals surface area (Å²) in [5, 5.41) is 3.24. The Morgan fingerprint density at radius 2 is 2.33 bits per heavy atom. The van der Waals surface area contributed by atoms with Crippen LogP contribution in [0.15, 0.2) is 0 Å². The van der Waals surface area contributed by atoms with Crippen molar-refractivity contribution >= 4 is 27.2 Å². The lowest BCUT2D eigenvalue weighted by atomic mass is 10.3. The first-order valence-corrected chi connectivity index (χ1v) is 7.33. The third-order valence-electron chi connectivity index (χ3n) is 2.44. The van der Waals surface area contributed by atoms with Crippen molar-refractivity contribution in [3.8, 4) is 0 Å². The highest BCUT2D eigenvalue weighted by molar-refractivity contribution is 7.91. The van der Waals surface area contributed by atoms with Gasteiger partial charge in [0.25, 0.3) is 5.17 Å². The van der Waals surface area contributed by atoms with Crippen LogP contribution in [0, 0.1) is 0 Å². The summed E-state index contributed by atoms with van der Waals surface area (Å²) in [6.45, 7) is 3.94. The second-order valence-electron chi connectivity index (χ2n) is 3.87. The van der Waals surface area contributed by atoms with Crippen molar-refractivity contribution in [2.24, 2.45) is 0 Å². The van der Waals surface area contributed by atoms with E-state index >= 15 is 0 Å². The van der Waals surface area contributed by atoms with Gasteiger partial charge in [0.05, 0.1) is 17.6 Å². The third kappa shape index (κ3) is 4.34. The van der Waals surface area contributed by atoms with Gasteiger partial charge in [0.1, 0.15) is 0 Å². The molecule has 1 saturated heterocycles. The lowest BCUT2D eigenvalue weighted by Gasteiger charge is -2.17. The maximum absolute atomic E-state index is 11.2. The molecular weight excluding hydrogens is 234 g/mol. The van der Waals surface area contributed by atoms with Crippen molar-refractivity contribution < 1.29 is 13.2 Å². The topological polar surface area (TPSA) is 55.4 Å². The van der Waals surface area contributed by atoms with Gasteiger partial charge in [-0.3, -0.25) is 0 Å². The number of hydrogen-bond donors (Lipinski definition) is 1. The molecule has 1 N–H and O–H groups in total. The zero-order chi connectivity index (χ0) is 11.5. The fraction of sp³-hybridized carbons (Fsp3) is 0.889. The quantitative estimate of drug-likeness (QED) is 0.754. The molecule has 4 nitrogen and oxygen atoms in total. The molecule has 0 spiro atoms. The number of rotatable bonds is 3. The van der Waals surface area contributed by atoms with Crippen LogP contribution in [0.5, 0.6) is 0 Å². The summed E-state index contributed by atoms with van der Waals surface area (Å²) in [5.74, 6) is 0.410. The lowest BCUT2D eigenvalue weighted by Crippen LogP contribution is -2.37. The van der Waals surface area contributed by atoms with E-state index in [1.54, 1.807) is 0 Å². The zero-order valence-corrected chi connectivity index (χ0v) is 10.7. The Morgan fingerprint density at radius 1 is 1.67 bits per heavy atom. The molecule has 88 valence electrons. The fourth-order valence-electron chi connectivity index (χ4n) is 1.38. The smallest absolute Gasteiger partial charge is 0.257 e. The first-order chi connectivity index (χ1) is 6.93. The summed E-state index contributed by atoms with van der Waals surface area (Å²) in [5.41, 5.74) is 0. The highest BCUT2D eigenvalue weighted by Crippen LogP contribution is 2.11. The van der Waals surface area contributed by atoms with Crippen LogP contribution in [0.2, 0.25) is 0 Å².